The minimum absolute atomic E-state index is 0.152. The lowest BCUT2D eigenvalue weighted by molar-refractivity contribution is 0.102. The predicted octanol–water partition coefficient (Wildman–Crippen LogP) is 2.69. The first-order valence-corrected chi connectivity index (χ1v) is 7.20. The van der Waals surface area contributed by atoms with E-state index in [2.05, 4.69) is 5.32 Å². The minimum Gasteiger partial charge on any atom is -0.458 e. The van der Waals surface area contributed by atoms with Crippen LogP contribution in [0.25, 0.3) is 5.70 Å². The van der Waals surface area contributed by atoms with E-state index >= 15 is 0 Å². The molecule has 2 aliphatic heterocycles. The normalized spacial score (nSPS) is 17.2. The van der Waals surface area contributed by atoms with Crippen molar-refractivity contribution in [1.29, 1.82) is 0 Å². The molecule has 0 amide bonds. The fourth-order valence-corrected chi connectivity index (χ4v) is 2.77. The van der Waals surface area contributed by atoms with E-state index in [1.165, 1.54) is 0 Å². The van der Waals surface area contributed by atoms with E-state index in [1.54, 1.807) is 18.2 Å². The number of carbonyl (C=O) groups excluding carboxylic acids is 1. The maximum absolute atomic E-state index is 12.3. The molecule has 0 bridgehead atoms. The number of ether oxygens (including phenoxy) is 2. The molecular weight excluding hydrogens is 282 g/mol. The summed E-state index contributed by atoms with van der Waals surface area (Å²) in [4.78, 5) is 12.3. The lowest BCUT2D eigenvalue weighted by Crippen LogP contribution is -2.23. The van der Waals surface area contributed by atoms with Gasteiger partial charge >= 0.3 is 0 Å². The molecule has 1 N–H and O–H groups in total. The van der Waals surface area contributed by atoms with Gasteiger partial charge in [0.15, 0.2) is 17.3 Å². The topological polar surface area (TPSA) is 60.7 Å². The van der Waals surface area contributed by atoms with Gasteiger partial charge in [-0.1, -0.05) is 0 Å². The molecule has 0 radical (unpaired) electrons. The van der Waals surface area contributed by atoms with Crippen molar-refractivity contribution in [3.8, 4) is 11.5 Å². The van der Waals surface area contributed by atoms with E-state index in [-0.39, 0.29) is 12.6 Å². The molecule has 0 saturated carbocycles. The smallest absolute Gasteiger partial charge is 0.231 e. The van der Waals surface area contributed by atoms with Crippen molar-refractivity contribution in [1.82, 2.24) is 5.32 Å². The molecular formula is C17H15NO4. The Hall–Kier alpha value is -2.69. The molecule has 5 nitrogen and oxygen atoms in total. The summed E-state index contributed by atoms with van der Waals surface area (Å²) in [5.41, 5.74) is 2.92. The van der Waals surface area contributed by atoms with E-state index in [4.69, 9.17) is 13.9 Å². The molecule has 112 valence electrons. The molecule has 0 unspecified atom stereocenters. The van der Waals surface area contributed by atoms with E-state index in [0.29, 0.717) is 5.76 Å². The van der Waals surface area contributed by atoms with Crippen molar-refractivity contribution in [2.75, 3.05) is 13.3 Å². The fraction of sp³-hybridized carbons (Fsp3) is 0.235. The number of ketones is 1. The summed E-state index contributed by atoms with van der Waals surface area (Å²) in [6.45, 7) is 2.84. The highest BCUT2D eigenvalue weighted by atomic mass is 16.7. The average Bonchev–Trinajstić information content (AvgIpc) is 3.13. The highest BCUT2D eigenvalue weighted by Crippen LogP contribution is 2.38. The Morgan fingerprint density at radius 3 is 2.82 bits per heavy atom. The zero-order valence-corrected chi connectivity index (χ0v) is 12.1. The molecule has 3 heterocycles. The van der Waals surface area contributed by atoms with Crippen molar-refractivity contribution < 1.29 is 18.7 Å². The first kappa shape index (κ1) is 13.0. The van der Waals surface area contributed by atoms with Gasteiger partial charge in [0.1, 0.15) is 5.76 Å². The summed E-state index contributed by atoms with van der Waals surface area (Å²) in [6, 6.07) is 7.40. The Morgan fingerprint density at radius 1 is 1.23 bits per heavy atom. The van der Waals surface area contributed by atoms with Crippen LogP contribution in [0.2, 0.25) is 0 Å². The second-order valence-corrected chi connectivity index (χ2v) is 5.37. The first-order chi connectivity index (χ1) is 10.7. The number of furan rings is 1. The third-order valence-corrected chi connectivity index (χ3v) is 3.86. The van der Waals surface area contributed by atoms with Gasteiger partial charge in [0, 0.05) is 23.9 Å². The summed E-state index contributed by atoms with van der Waals surface area (Å²) < 4.78 is 16.2. The lowest BCUT2D eigenvalue weighted by Gasteiger charge is -2.21. The SMILES string of the molecule is Cc1ccc(C(=O)/C=C2\NCCc3cc4c(cc32)OCO4)o1. The standard InChI is InChI=1S/C17H15NO4/c1-10-2-3-15(22-10)14(19)8-13-12-7-17-16(20-9-21-17)6-11(12)4-5-18-13/h2-3,6-8,18H,4-5,9H2,1H3/b13-8-. The number of allylic oxidation sites excluding steroid dienone is 1. The van der Waals surface area contributed by atoms with Crippen LogP contribution in [-0.2, 0) is 6.42 Å². The Kier molecular flexibility index (Phi) is 2.92. The third kappa shape index (κ3) is 2.15. The summed E-state index contributed by atoms with van der Waals surface area (Å²) in [5, 5.41) is 3.28. The van der Waals surface area contributed by atoms with Crippen molar-refractivity contribution in [3.05, 3.63) is 53.0 Å². The zero-order chi connectivity index (χ0) is 15.1. The van der Waals surface area contributed by atoms with Gasteiger partial charge in [-0.25, -0.2) is 0 Å². The summed E-state index contributed by atoms with van der Waals surface area (Å²) in [7, 11) is 0. The van der Waals surface area contributed by atoms with Crippen molar-refractivity contribution in [3.63, 3.8) is 0 Å². The predicted molar refractivity (Wildman–Crippen MR) is 80.0 cm³/mol. The van der Waals surface area contributed by atoms with Crippen molar-refractivity contribution in [2.24, 2.45) is 0 Å². The Bertz CT molecular complexity index is 788. The molecule has 0 fully saturated rings. The molecule has 0 spiro atoms. The van der Waals surface area contributed by atoms with Crippen LogP contribution in [0.3, 0.4) is 0 Å². The van der Waals surface area contributed by atoms with Crippen LogP contribution in [0.1, 0.15) is 27.4 Å². The van der Waals surface area contributed by atoms with E-state index in [1.807, 2.05) is 19.1 Å². The fourth-order valence-electron chi connectivity index (χ4n) is 2.77. The number of benzene rings is 1. The second kappa shape index (κ2) is 4.94. The number of aryl methyl sites for hydroxylation is 1. The minimum atomic E-state index is -0.152. The zero-order valence-electron chi connectivity index (χ0n) is 12.1. The molecule has 2 aliphatic rings. The molecule has 1 aromatic heterocycles. The van der Waals surface area contributed by atoms with Crippen LogP contribution >= 0.6 is 0 Å². The van der Waals surface area contributed by atoms with Crippen LogP contribution < -0.4 is 14.8 Å². The molecule has 5 heteroatoms. The van der Waals surface area contributed by atoms with Gasteiger partial charge in [-0.15, -0.1) is 0 Å². The van der Waals surface area contributed by atoms with Gasteiger partial charge in [-0.3, -0.25) is 4.79 Å². The van der Waals surface area contributed by atoms with Crippen LogP contribution in [0.5, 0.6) is 11.5 Å². The Balaban J connectivity index is 1.72. The van der Waals surface area contributed by atoms with E-state index < -0.39 is 0 Å². The third-order valence-electron chi connectivity index (χ3n) is 3.86. The quantitative estimate of drug-likeness (QED) is 0.682. The Labute approximate surface area is 127 Å². The second-order valence-electron chi connectivity index (χ2n) is 5.37. The molecule has 0 saturated heterocycles. The van der Waals surface area contributed by atoms with Crippen LogP contribution in [-0.4, -0.2) is 19.1 Å². The molecule has 2 aromatic rings. The van der Waals surface area contributed by atoms with Crippen LogP contribution in [0.4, 0.5) is 0 Å². The monoisotopic (exact) mass is 297 g/mol. The highest BCUT2D eigenvalue weighted by Gasteiger charge is 2.22. The molecule has 22 heavy (non-hydrogen) atoms. The van der Waals surface area contributed by atoms with Gasteiger partial charge in [0.2, 0.25) is 12.6 Å². The number of hydrogen-bond donors (Lipinski definition) is 1. The van der Waals surface area contributed by atoms with Crippen LogP contribution in [0.15, 0.2) is 34.8 Å². The maximum atomic E-state index is 12.3. The number of nitrogens with one attached hydrogen (secondary N) is 1. The van der Waals surface area contributed by atoms with Gasteiger partial charge < -0.3 is 19.2 Å². The van der Waals surface area contributed by atoms with Gasteiger partial charge in [0.25, 0.3) is 0 Å². The molecule has 4 rings (SSSR count). The Morgan fingerprint density at radius 2 is 2.05 bits per heavy atom. The van der Waals surface area contributed by atoms with Crippen LogP contribution in [0, 0.1) is 6.92 Å². The molecule has 0 atom stereocenters. The molecule has 0 aliphatic carbocycles. The van der Waals surface area contributed by atoms with Crippen molar-refractivity contribution in [2.45, 2.75) is 13.3 Å². The summed E-state index contributed by atoms with van der Waals surface area (Å²) >= 11 is 0. The van der Waals surface area contributed by atoms with E-state index in [9.17, 15) is 4.79 Å². The van der Waals surface area contributed by atoms with Gasteiger partial charge in [-0.2, -0.15) is 0 Å². The largest absolute Gasteiger partial charge is 0.458 e. The number of hydrogen-bond acceptors (Lipinski definition) is 5. The van der Waals surface area contributed by atoms with E-state index in [0.717, 1.165) is 47.0 Å². The number of fused-ring (bicyclic) bond motifs is 2. The first-order valence-electron chi connectivity index (χ1n) is 7.20. The summed E-state index contributed by atoms with van der Waals surface area (Å²) in [5.74, 6) is 2.41. The summed E-state index contributed by atoms with van der Waals surface area (Å²) in [6.07, 6.45) is 2.47. The van der Waals surface area contributed by atoms with Crippen molar-refractivity contribution >= 4 is 11.5 Å². The molecule has 1 aromatic carbocycles. The number of rotatable bonds is 2. The number of carbonyl (C=O) groups is 1. The van der Waals surface area contributed by atoms with Gasteiger partial charge in [-0.05, 0) is 43.2 Å². The van der Waals surface area contributed by atoms with Gasteiger partial charge in [0.05, 0.1) is 0 Å². The lowest BCUT2D eigenvalue weighted by atomic mass is 9.96. The highest BCUT2D eigenvalue weighted by molar-refractivity contribution is 6.06. The average molecular weight is 297 g/mol. The maximum Gasteiger partial charge on any atom is 0.231 e.